The Morgan fingerprint density at radius 1 is 1.16 bits per heavy atom. The number of carbonyl (C=O) groups is 1. The molecule has 0 aliphatic carbocycles. The van der Waals surface area contributed by atoms with Crippen molar-refractivity contribution >= 4 is 52.3 Å². The third-order valence-electron chi connectivity index (χ3n) is 6.19. The van der Waals surface area contributed by atoms with E-state index in [0.29, 0.717) is 40.1 Å². The summed E-state index contributed by atoms with van der Waals surface area (Å²) in [4.78, 5) is 43.9. The Balaban J connectivity index is 1.54. The topological polar surface area (TPSA) is 107 Å². The molecule has 8 nitrogen and oxygen atoms in total. The predicted octanol–water partition coefficient (Wildman–Crippen LogP) is 5.23. The number of carbonyl (C=O) groups excluding carboxylic acids is 1. The molecule has 0 saturated carbocycles. The van der Waals surface area contributed by atoms with Crippen LogP contribution in [0, 0.1) is 0 Å². The molecule has 1 unspecified atom stereocenters. The summed E-state index contributed by atoms with van der Waals surface area (Å²) in [5.74, 6) is 0.440. The van der Waals surface area contributed by atoms with E-state index in [9.17, 15) is 14.4 Å². The largest absolute Gasteiger partial charge is 0.465 e. The number of aromatic nitrogens is 4. The van der Waals surface area contributed by atoms with Gasteiger partial charge in [-0.2, -0.15) is 9.78 Å². The number of esters is 1. The van der Waals surface area contributed by atoms with Crippen molar-refractivity contribution in [1.82, 2.24) is 19.7 Å². The lowest BCUT2D eigenvalue weighted by Gasteiger charge is -2.26. The number of halogens is 2. The van der Waals surface area contributed by atoms with Crippen LogP contribution in [-0.4, -0.2) is 37.6 Å². The van der Waals surface area contributed by atoms with Gasteiger partial charge in [-0.25, -0.2) is 9.78 Å². The third kappa shape index (κ3) is 5.18. The minimum absolute atomic E-state index is 0.170. The van der Waals surface area contributed by atoms with Crippen LogP contribution in [0.3, 0.4) is 0 Å². The molecule has 1 saturated heterocycles. The minimum atomic E-state index is -0.697. The van der Waals surface area contributed by atoms with Crippen LogP contribution >= 0.6 is 46.3 Å². The van der Waals surface area contributed by atoms with Gasteiger partial charge in [0.05, 0.1) is 18.0 Å². The Labute approximate surface area is 236 Å². The van der Waals surface area contributed by atoms with Gasteiger partial charge in [0.1, 0.15) is 16.5 Å². The first-order chi connectivity index (χ1) is 18.1. The maximum absolute atomic E-state index is 12.2. The fourth-order valence-corrected chi connectivity index (χ4v) is 7.60. The normalized spacial score (nSPS) is 15.6. The fourth-order valence-electron chi connectivity index (χ4n) is 4.27. The van der Waals surface area contributed by atoms with Crippen molar-refractivity contribution in [2.24, 2.45) is 0 Å². The molecule has 4 aromatic rings. The molecule has 3 heterocycles. The first-order valence-corrected chi connectivity index (χ1v) is 14.3. The van der Waals surface area contributed by atoms with Crippen molar-refractivity contribution in [3.8, 4) is 16.9 Å². The zero-order valence-corrected chi connectivity index (χ0v) is 23.5. The van der Waals surface area contributed by atoms with E-state index in [1.165, 1.54) is 0 Å². The number of rotatable bonds is 7. The molecule has 1 fully saturated rings. The van der Waals surface area contributed by atoms with Gasteiger partial charge in [-0.3, -0.25) is 14.6 Å². The summed E-state index contributed by atoms with van der Waals surface area (Å²) < 4.78 is 6.15. The summed E-state index contributed by atoms with van der Waals surface area (Å²) >= 11 is 16.6. The first-order valence-electron chi connectivity index (χ1n) is 11.7. The number of benzene rings is 2. The number of thioether (sulfide) groups is 1. The van der Waals surface area contributed by atoms with Gasteiger partial charge in [0.15, 0.2) is 0 Å². The number of thiazole rings is 1. The molecule has 1 N–H and O–H groups in total. The number of hydrogen-bond acceptors (Lipinski definition) is 8. The zero-order valence-electron chi connectivity index (χ0n) is 20.4. The van der Waals surface area contributed by atoms with Crippen molar-refractivity contribution in [1.29, 1.82) is 0 Å². The van der Waals surface area contributed by atoms with Crippen LogP contribution in [0.1, 0.15) is 35.7 Å². The third-order valence-corrected chi connectivity index (χ3v) is 9.64. The van der Waals surface area contributed by atoms with Gasteiger partial charge in [-0.1, -0.05) is 53.5 Å². The zero-order chi connectivity index (χ0) is 27.0. The maximum atomic E-state index is 12.2. The monoisotopic (exact) mass is 588 g/mol. The van der Waals surface area contributed by atoms with Gasteiger partial charge in [-0.05, 0) is 26.0 Å². The van der Waals surface area contributed by atoms with E-state index in [4.69, 9.17) is 32.9 Å². The summed E-state index contributed by atoms with van der Waals surface area (Å²) in [6, 6.07) is 13.1. The van der Waals surface area contributed by atoms with Gasteiger partial charge in [0, 0.05) is 43.6 Å². The molecular weight excluding hydrogens is 567 g/mol. The van der Waals surface area contributed by atoms with E-state index in [-0.39, 0.29) is 11.2 Å². The lowest BCUT2D eigenvalue weighted by Crippen LogP contribution is -2.30. The molecule has 0 spiro atoms. The lowest BCUT2D eigenvalue weighted by molar-refractivity contribution is -0.137. The van der Waals surface area contributed by atoms with Crippen LogP contribution < -0.4 is 11.2 Å². The van der Waals surface area contributed by atoms with Crippen molar-refractivity contribution < 1.29 is 9.53 Å². The van der Waals surface area contributed by atoms with E-state index >= 15 is 0 Å². The number of nitrogens with one attached hydrogen (secondary N) is 1. The molecule has 196 valence electrons. The van der Waals surface area contributed by atoms with Crippen LogP contribution in [0.5, 0.6) is 0 Å². The molecule has 2 aromatic carbocycles. The second-order valence-electron chi connectivity index (χ2n) is 9.17. The van der Waals surface area contributed by atoms with Crippen LogP contribution in [0.4, 0.5) is 0 Å². The second kappa shape index (κ2) is 10.7. The Morgan fingerprint density at radius 2 is 1.87 bits per heavy atom. The van der Waals surface area contributed by atoms with E-state index in [1.54, 1.807) is 35.2 Å². The van der Waals surface area contributed by atoms with E-state index < -0.39 is 16.7 Å². The Bertz CT molecular complexity index is 1610. The van der Waals surface area contributed by atoms with E-state index in [1.807, 2.05) is 44.2 Å². The van der Waals surface area contributed by atoms with Crippen molar-refractivity contribution in [2.45, 2.75) is 36.7 Å². The highest BCUT2D eigenvalue weighted by Crippen LogP contribution is 2.45. The molecule has 0 amide bonds. The van der Waals surface area contributed by atoms with Gasteiger partial charge >= 0.3 is 11.7 Å². The number of H-pyrrole nitrogens is 1. The number of hydrogen-bond donors (Lipinski definition) is 1. The average Bonchev–Trinajstić information content (AvgIpc) is 3.49. The summed E-state index contributed by atoms with van der Waals surface area (Å²) in [5, 5.41) is 5.17. The highest BCUT2D eigenvalue weighted by molar-refractivity contribution is 8.00. The molecule has 0 radical (unpaired) electrons. The summed E-state index contributed by atoms with van der Waals surface area (Å²) in [6.07, 6.45) is 1.71. The molecular formula is C26H22Cl2N4O4S2. The van der Waals surface area contributed by atoms with E-state index in [2.05, 4.69) is 10.1 Å². The van der Waals surface area contributed by atoms with Crippen molar-refractivity contribution in [3.05, 3.63) is 95.0 Å². The molecule has 38 heavy (non-hydrogen) atoms. The number of nitrogens with zero attached hydrogens (tertiary/aromatic N) is 3. The first kappa shape index (κ1) is 26.7. The van der Waals surface area contributed by atoms with Crippen molar-refractivity contribution in [2.75, 3.05) is 6.61 Å². The quantitative estimate of drug-likeness (QED) is 0.295. The Kier molecular flexibility index (Phi) is 7.50. The summed E-state index contributed by atoms with van der Waals surface area (Å²) in [7, 11) is 0. The average molecular weight is 590 g/mol. The van der Waals surface area contributed by atoms with Crippen LogP contribution in [0.2, 0.25) is 10.0 Å². The van der Waals surface area contributed by atoms with Crippen molar-refractivity contribution in [3.63, 3.8) is 0 Å². The fraction of sp³-hybridized carbons (Fsp3) is 0.269. The molecule has 5 rings (SSSR count). The SMILES string of the molecule is CC(C)(c1nc(-c2ccccc2)c(CSC2CCOC2=O)s1)c1c(Cl)cc(-n2ncc(=O)[nH]c2=O)cc1Cl. The van der Waals surface area contributed by atoms with E-state index in [0.717, 1.165) is 32.0 Å². The molecule has 1 atom stereocenters. The lowest BCUT2D eigenvalue weighted by atomic mass is 9.85. The molecule has 1 aliphatic heterocycles. The van der Waals surface area contributed by atoms with Crippen LogP contribution in [-0.2, 0) is 20.7 Å². The number of cyclic esters (lactones) is 1. The molecule has 1 aliphatic rings. The number of aromatic amines is 1. The van der Waals surface area contributed by atoms with Gasteiger partial charge in [0.2, 0.25) is 0 Å². The van der Waals surface area contributed by atoms with Gasteiger partial charge in [-0.15, -0.1) is 23.1 Å². The van der Waals surface area contributed by atoms with Gasteiger partial charge in [0.25, 0.3) is 5.56 Å². The summed E-state index contributed by atoms with van der Waals surface area (Å²) in [5.41, 5.74) is 0.811. The maximum Gasteiger partial charge on any atom is 0.349 e. The van der Waals surface area contributed by atoms with Crippen LogP contribution in [0.25, 0.3) is 16.9 Å². The molecule has 12 heteroatoms. The molecule has 0 bridgehead atoms. The standard InChI is InChI=1S/C26H22Cl2N4O4S2/c1-26(2,21-16(27)10-15(11-17(21)28)32-25(35)30-20(33)12-29-32)24-31-22(14-6-4-3-5-7-14)19(38-24)13-37-18-8-9-36-23(18)34/h3-7,10-12,18H,8-9,13H2,1-2H3,(H,30,33,35). The predicted molar refractivity (Wildman–Crippen MR) is 151 cm³/mol. The van der Waals surface area contributed by atoms with Crippen LogP contribution in [0.15, 0.2) is 58.3 Å². The highest BCUT2D eigenvalue weighted by Gasteiger charge is 2.34. The summed E-state index contributed by atoms with van der Waals surface area (Å²) in [6.45, 7) is 4.43. The number of ether oxygens (including phenoxy) is 1. The minimum Gasteiger partial charge on any atom is -0.465 e. The highest BCUT2D eigenvalue weighted by atomic mass is 35.5. The molecule has 2 aromatic heterocycles. The smallest absolute Gasteiger partial charge is 0.349 e. The Morgan fingerprint density at radius 3 is 2.50 bits per heavy atom. The Hall–Kier alpha value is -2.92. The van der Waals surface area contributed by atoms with Gasteiger partial charge < -0.3 is 4.74 Å². The second-order valence-corrected chi connectivity index (χ2v) is 12.3.